The van der Waals surface area contributed by atoms with E-state index in [1.807, 2.05) is 109 Å². The molecule has 7 heteroatoms. The number of hydrogen-bond acceptors (Lipinski definition) is 2. The lowest BCUT2D eigenvalue weighted by Crippen LogP contribution is -2.61. The van der Waals surface area contributed by atoms with Gasteiger partial charge in [0.25, 0.3) is 6.71 Å². The number of rotatable bonds is 10. The fraction of sp³-hybridized carbons (Fsp3) is 0.105. The van der Waals surface area contributed by atoms with E-state index in [1.165, 1.54) is 18.3 Å². The Morgan fingerprint density at radius 1 is 0.223 bits per heavy atom. The zero-order valence-corrected chi connectivity index (χ0v) is 67.1. The molecule has 0 radical (unpaired) electrons. The van der Waals surface area contributed by atoms with Gasteiger partial charge in [0.05, 0.1) is 111 Å². The van der Waals surface area contributed by atoms with Crippen molar-refractivity contribution in [3.63, 3.8) is 0 Å². The van der Waals surface area contributed by atoms with Crippen LogP contribution < -0.4 is 26.2 Å². The molecule has 0 saturated heterocycles. The smallest absolute Gasteiger partial charge is 0.252 e. The van der Waals surface area contributed by atoms with E-state index in [9.17, 15) is 32.9 Å². The topological polar surface area (TPSA) is 26.2 Å². The summed E-state index contributed by atoms with van der Waals surface area (Å²) in [6.07, 6.45) is 0. The number of hydrogen-bond donors (Lipinski definition) is 0. The van der Waals surface area contributed by atoms with Gasteiger partial charge in [-0.3, -0.25) is 0 Å². The van der Waals surface area contributed by atoms with Crippen molar-refractivity contribution < 1.29 is 43.9 Å². The average Bonchev–Trinajstić information content (AvgIpc) is 1.29. The van der Waals surface area contributed by atoms with Crippen LogP contribution in [0.4, 0.5) is 34.1 Å². The Bertz CT molecular complexity index is 9090. The van der Waals surface area contributed by atoms with Gasteiger partial charge in [0, 0.05) is 99.5 Å². The molecule has 0 atom stereocenters. The SMILES string of the molecule is [2H]c1c([2H])c([2H])c2c(c1[2H])c1c([2H])c([2H])c([2H])c([2H])c1n2-c1ccc2c(c1)N(c1ccc(C(C)(C)C)cc1-c1cccc(-c3ccccc3-n3c4c([2H])c([2H])c([2H])c([2H])c4c4c([2H])c([2H])c([2H])c([2H])c43)c1)c1cc(C(C)(C)C)cc3c1B2c1ccc(-n2c4c([2H])c([2H])c([2H])c([2H])c4c4c([2H])c([2H])c([2H])c([2H])c42)cc1N3c1ccc(C(C)(C)C)cc1-c1cccc(-c2ccccc2-n2c3c([2H])c([2H])c([2H])c([2H])c3c3c([2H])c([2H])c([2H])c([2H])c32)c1. The zero-order valence-electron chi connectivity index (χ0n) is 99.1. The normalized spacial score (nSPS) is 16.7. The predicted molar refractivity (Wildman–Crippen MR) is 516 cm³/mol. The van der Waals surface area contributed by atoms with Crippen LogP contribution in [0.5, 0.6) is 0 Å². The summed E-state index contributed by atoms with van der Waals surface area (Å²) in [6, 6.07) is 37.9. The number of nitrogens with zero attached hydrogens (tertiary/aromatic N) is 6. The van der Waals surface area contributed by atoms with Crippen molar-refractivity contribution in [2.24, 2.45) is 0 Å². The van der Waals surface area contributed by atoms with Crippen molar-refractivity contribution >= 4 is 144 Å². The molecule has 2 aliphatic rings. The Hall–Kier alpha value is -14.4. The second-order valence-corrected chi connectivity index (χ2v) is 34.1. The number of aromatic nitrogens is 4. The highest BCUT2D eigenvalue weighted by Crippen LogP contribution is 2.53. The molecule has 0 saturated carbocycles. The maximum atomic E-state index is 9.98. The lowest BCUT2D eigenvalue weighted by Gasteiger charge is -2.46. The van der Waals surface area contributed by atoms with Crippen LogP contribution in [0.1, 0.15) is 123 Å². The lowest BCUT2D eigenvalue weighted by atomic mass is 9.33. The van der Waals surface area contributed by atoms with Crippen LogP contribution in [0.15, 0.2) is 375 Å². The summed E-state index contributed by atoms with van der Waals surface area (Å²) >= 11 is 0. The third kappa shape index (κ3) is 11.2. The number of benzene rings is 17. The molecule has 17 aromatic carbocycles. The third-order valence-corrected chi connectivity index (χ3v) is 24.0. The van der Waals surface area contributed by atoms with E-state index in [0.29, 0.717) is 101 Å². The minimum atomic E-state index is -0.979. The van der Waals surface area contributed by atoms with E-state index < -0.39 is 216 Å². The predicted octanol–water partition coefficient (Wildman–Crippen LogP) is 28.7. The minimum absolute atomic E-state index is 0.102. The van der Waals surface area contributed by atoms with Crippen LogP contribution in [0.3, 0.4) is 0 Å². The van der Waals surface area contributed by atoms with Crippen molar-refractivity contribution in [3.8, 4) is 67.3 Å². The van der Waals surface area contributed by atoms with E-state index in [1.54, 1.807) is 48.5 Å². The molecular weight excluding hydrogens is 1460 g/mol. The first-order valence-electron chi connectivity index (χ1n) is 56.0. The summed E-state index contributed by atoms with van der Waals surface area (Å²) < 4.78 is 308. The summed E-state index contributed by atoms with van der Waals surface area (Å²) in [7, 11) is 0. The van der Waals surface area contributed by atoms with Crippen LogP contribution >= 0.6 is 0 Å². The molecule has 0 amide bonds. The Balaban J connectivity index is 0.852. The van der Waals surface area contributed by atoms with Crippen molar-refractivity contribution in [2.75, 3.05) is 9.80 Å². The van der Waals surface area contributed by atoms with Crippen LogP contribution in [0.25, 0.3) is 154 Å². The Morgan fingerprint density at radius 3 is 0.826 bits per heavy atom. The van der Waals surface area contributed by atoms with E-state index in [-0.39, 0.29) is 110 Å². The molecule has 0 spiro atoms. The van der Waals surface area contributed by atoms with Gasteiger partial charge in [0.2, 0.25) is 0 Å². The third-order valence-electron chi connectivity index (χ3n) is 24.0. The standard InChI is InChI=1S/C114H89BN6/c1-112(2,3)76-56-62-105(91(66-76)74-34-30-32-72(64-74)81-36-10-20-46-95(81)118-101-52-26-16-42-87(101)88-43-17-27-53-102(88)118)120-107-70-79(116-97-48-22-12-38-83(97)84-39-13-23-49-98(84)116)58-60-93(107)115-94-61-59-80(117-99-50-24-14-40-85(99)86-41-15-25-51-100(86)117)71-108(94)121(110-69-78(114(7,8)9)68-109(120)111(110)115)106-63-57-77(113(4,5)6)67-92(106)75-35-31-33-73(65-75)82-37-11-21-47-96(82)119-103-54-28-18-44-89(103)90-45-19-29-55-104(90)119/h10-71H,1-9H3/i12D,13D,14D,15D,16D,17D,18D,19D,22D,23D,24D,25D,26D,27D,28D,29D,38D,39D,40D,41D,42D,43D,44D,45D,48D,49D,50D,51D,52D,53D,54D,55D. The van der Waals surface area contributed by atoms with Gasteiger partial charge in [-0.05, 0) is 205 Å². The molecule has 0 fully saturated rings. The molecule has 2 aliphatic heterocycles. The summed E-state index contributed by atoms with van der Waals surface area (Å²) in [6.45, 7) is 17.6. The number of para-hydroxylation sites is 10. The summed E-state index contributed by atoms with van der Waals surface area (Å²) in [5.41, 5.74) is 8.98. The molecular formula is C114H89BN6. The zero-order chi connectivity index (χ0) is 109. The first-order chi connectivity index (χ1) is 72.2. The highest BCUT2D eigenvalue weighted by molar-refractivity contribution is 7.00. The van der Waals surface area contributed by atoms with E-state index in [4.69, 9.17) is 11.0 Å². The molecule has 6 nitrogen and oxygen atoms in total. The van der Waals surface area contributed by atoms with Crippen molar-refractivity contribution in [2.45, 2.75) is 78.6 Å². The van der Waals surface area contributed by atoms with Crippen LogP contribution in [0, 0.1) is 0 Å². The summed E-state index contributed by atoms with van der Waals surface area (Å²) in [5, 5.41) is -1.23. The number of fused-ring (bicyclic) bond motifs is 16. The maximum absolute atomic E-state index is 9.98. The molecule has 0 N–H and O–H groups in total. The van der Waals surface area contributed by atoms with E-state index >= 15 is 0 Å². The van der Waals surface area contributed by atoms with Gasteiger partial charge in [-0.1, -0.05) is 304 Å². The van der Waals surface area contributed by atoms with E-state index in [0.717, 1.165) is 11.1 Å². The minimum Gasteiger partial charge on any atom is -0.311 e. The molecule has 578 valence electrons. The van der Waals surface area contributed by atoms with Crippen molar-refractivity contribution in [1.29, 1.82) is 0 Å². The Kier molecular flexibility index (Phi) is 10.3. The van der Waals surface area contributed by atoms with Gasteiger partial charge in [0.15, 0.2) is 0 Å². The van der Waals surface area contributed by atoms with E-state index in [2.05, 4.69) is 96.4 Å². The van der Waals surface area contributed by atoms with Gasteiger partial charge in [0.1, 0.15) is 0 Å². The first kappa shape index (κ1) is 46.1. The first-order valence-corrected chi connectivity index (χ1v) is 40.0. The number of anilines is 6. The summed E-state index contributed by atoms with van der Waals surface area (Å²) in [4.78, 5) is 4.24. The van der Waals surface area contributed by atoms with Crippen LogP contribution in [-0.4, -0.2) is 25.0 Å². The van der Waals surface area contributed by atoms with Gasteiger partial charge in [-0.2, -0.15) is 0 Å². The second-order valence-electron chi connectivity index (χ2n) is 34.1. The quantitative estimate of drug-likeness (QED) is 0.128. The Morgan fingerprint density at radius 2 is 0.512 bits per heavy atom. The fourth-order valence-corrected chi connectivity index (χ4v) is 18.3. The molecule has 0 aliphatic carbocycles. The van der Waals surface area contributed by atoms with Gasteiger partial charge in [-0.15, -0.1) is 0 Å². The molecule has 21 aromatic rings. The highest BCUT2D eigenvalue weighted by atomic mass is 15.2. The highest BCUT2D eigenvalue weighted by Gasteiger charge is 2.46. The van der Waals surface area contributed by atoms with Crippen LogP contribution in [0.2, 0.25) is 0 Å². The lowest BCUT2D eigenvalue weighted by molar-refractivity contribution is 0.590. The Labute approximate surface area is 751 Å². The van der Waals surface area contributed by atoms with Gasteiger partial charge < -0.3 is 28.1 Å². The molecule has 121 heavy (non-hydrogen) atoms. The van der Waals surface area contributed by atoms with Crippen molar-refractivity contribution in [3.05, 3.63) is 392 Å². The largest absolute Gasteiger partial charge is 0.311 e. The fourth-order valence-electron chi connectivity index (χ4n) is 18.3. The molecule has 4 aromatic heterocycles. The molecule has 0 bridgehead atoms. The molecule has 0 unspecified atom stereocenters. The van der Waals surface area contributed by atoms with Crippen LogP contribution in [-0.2, 0) is 16.2 Å². The summed E-state index contributed by atoms with van der Waals surface area (Å²) in [5.74, 6) is 0. The van der Waals surface area contributed by atoms with Crippen molar-refractivity contribution in [1.82, 2.24) is 18.3 Å². The molecule has 6 heterocycles. The molecule has 23 rings (SSSR count). The maximum Gasteiger partial charge on any atom is 0.252 e. The second kappa shape index (κ2) is 27.1. The van der Waals surface area contributed by atoms with Gasteiger partial charge in [-0.25, -0.2) is 0 Å². The van der Waals surface area contributed by atoms with Gasteiger partial charge >= 0.3 is 0 Å². The average molecular weight is 1590 g/mol. The monoisotopic (exact) mass is 1580 g/mol.